The first-order valence-corrected chi connectivity index (χ1v) is 6.76. The Morgan fingerprint density at radius 1 is 1.43 bits per heavy atom. The van der Waals surface area contributed by atoms with Gasteiger partial charge in [0.1, 0.15) is 0 Å². The Morgan fingerprint density at radius 2 is 2.14 bits per heavy atom. The molecule has 0 aromatic rings. The number of thioether (sulfide) groups is 1. The second-order valence-corrected chi connectivity index (χ2v) is 5.20. The Morgan fingerprint density at radius 3 is 2.71 bits per heavy atom. The van der Waals surface area contributed by atoms with Gasteiger partial charge in [-0.25, -0.2) is 0 Å². The van der Waals surface area contributed by atoms with Gasteiger partial charge in [-0.2, -0.15) is 11.8 Å². The molecule has 0 aromatic heterocycles. The van der Waals surface area contributed by atoms with E-state index in [2.05, 4.69) is 17.1 Å². The highest BCUT2D eigenvalue weighted by Crippen LogP contribution is 2.27. The fourth-order valence-corrected chi connectivity index (χ4v) is 3.32. The summed E-state index contributed by atoms with van der Waals surface area (Å²) >= 11 is 2.08. The van der Waals surface area contributed by atoms with Crippen molar-refractivity contribution in [2.45, 2.75) is 31.7 Å². The molecule has 1 unspecified atom stereocenters. The second kappa shape index (κ2) is 7.55. The van der Waals surface area contributed by atoms with E-state index in [0.29, 0.717) is 6.04 Å². The van der Waals surface area contributed by atoms with Gasteiger partial charge >= 0.3 is 0 Å². The second-order valence-electron chi connectivity index (χ2n) is 4.13. The van der Waals surface area contributed by atoms with E-state index in [1.807, 2.05) is 7.05 Å². The molecule has 3 heteroatoms. The summed E-state index contributed by atoms with van der Waals surface area (Å²) in [4.78, 5) is 0. The van der Waals surface area contributed by atoms with Crippen molar-refractivity contribution >= 4 is 11.8 Å². The SMILES string of the molecule is CNC(COC)CSCC1CCCC1. The fourth-order valence-electron chi connectivity index (χ4n) is 1.97. The number of nitrogens with one attached hydrogen (secondary N) is 1. The van der Waals surface area contributed by atoms with E-state index in [1.165, 1.54) is 37.2 Å². The molecule has 2 nitrogen and oxygen atoms in total. The van der Waals surface area contributed by atoms with Crippen LogP contribution >= 0.6 is 11.8 Å². The number of likely N-dealkylation sites (N-methyl/N-ethyl adjacent to an activating group) is 1. The zero-order valence-corrected chi connectivity index (χ0v) is 10.2. The monoisotopic (exact) mass is 217 g/mol. The number of ether oxygens (including phenoxy) is 1. The van der Waals surface area contributed by atoms with Gasteiger partial charge in [0, 0.05) is 18.9 Å². The lowest BCUT2D eigenvalue weighted by molar-refractivity contribution is 0.177. The third kappa shape index (κ3) is 4.67. The summed E-state index contributed by atoms with van der Waals surface area (Å²) in [5.41, 5.74) is 0. The number of hydrogen-bond donors (Lipinski definition) is 1. The summed E-state index contributed by atoms with van der Waals surface area (Å²) in [6, 6.07) is 0.520. The minimum Gasteiger partial charge on any atom is -0.383 e. The molecule has 0 radical (unpaired) electrons. The van der Waals surface area contributed by atoms with Gasteiger partial charge in [0.25, 0.3) is 0 Å². The Labute approximate surface area is 92.2 Å². The van der Waals surface area contributed by atoms with Crippen LogP contribution in [0.3, 0.4) is 0 Å². The minimum atomic E-state index is 0.520. The van der Waals surface area contributed by atoms with E-state index in [1.54, 1.807) is 7.11 Å². The largest absolute Gasteiger partial charge is 0.383 e. The predicted octanol–water partition coefficient (Wildman–Crippen LogP) is 2.14. The third-order valence-corrected chi connectivity index (χ3v) is 4.27. The summed E-state index contributed by atoms with van der Waals surface area (Å²) in [6.45, 7) is 0.828. The van der Waals surface area contributed by atoms with Crippen LogP contribution in [0.5, 0.6) is 0 Å². The van der Waals surface area contributed by atoms with Crippen molar-refractivity contribution in [3.05, 3.63) is 0 Å². The van der Waals surface area contributed by atoms with Crippen LogP contribution in [0.4, 0.5) is 0 Å². The van der Waals surface area contributed by atoms with Crippen LogP contribution in [-0.4, -0.2) is 38.3 Å². The molecule has 0 bridgehead atoms. The molecule has 0 saturated heterocycles. The highest BCUT2D eigenvalue weighted by Gasteiger charge is 2.15. The van der Waals surface area contributed by atoms with Crippen LogP contribution < -0.4 is 5.32 Å². The molecule has 0 amide bonds. The summed E-state index contributed by atoms with van der Waals surface area (Å²) in [7, 11) is 3.78. The molecule has 1 saturated carbocycles. The van der Waals surface area contributed by atoms with Gasteiger partial charge in [0.05, 0.1) is 6.61 Å². The van der Waals surface area contributed by atoms with Crippen LogP contribution in [-0.2, 0) is 4.74 Å². The summed E-state index contributed by atoms with van der Waals surface area (Å²) in [6.07, 6.45) is 5.83. The average molecular weight is 217 g/mol. The fraction of sp³-hybridized carbons (Fsp3) is 1.00. The zero-order valence-electron chi connectivity index (χ0n) is 9.42. The third-order valence-electron chi connectivity index (χ3n) is 2.92. The van der Waals surface area contributed by atoms with Gasteiger partial charge in [-0.1, -0.05) is 12.8 Å². The summed E-state index contributed by atoms with van der Waals surface area (Å²) in [5, 5.41) is 3.28. The average Bonchev–Trinajstić information content (AvgIpc) is 2.69. The summed E-state index contributed by atoms with van der Waals surface area (Å²) < 4.78 is 5.14. The molecular formula is C11H23NOS. The van der Waals surface area contributed by atoms with Crippen LogP contribution in [0.25, 0.3) is 0 Å². The van der Waals surface area contributed by atoms with E-state index in [4.69, 9.17) is 4.74 Å². The zero-order chi connectivity index (χ0) is 10.2. The van der Waals surface area contributed by atoms with Gasteiger partial charge in [-0.3, -0.25) is 0 Å². The predicted molar refractivity (Wildman–Crippen MR) is 64.0 cm³/mol. The molecule has 0 aliphatic heterocycles. The minimum absolute atomic E-state index is 0.520. The van der Waals surface area contributed by atoms with Gasteiger partial charge in [-0.05, 0) is 31.6 Å². The van der Waals surface area contributed by atoms with Crippen molar-refractivity contribution in [1.29, 1.82) is 0 Å². The van der Waals surface area contributed by atoms with Gasteiger partial charge < -0.3 is 10.1 Å². The van der Waals surface area contributed by atoms with Crippen molar-refractivity contribution in [2.24, 2.45) is 5.92 Å². The lowest BCUT2D eigenvalue weighted by Gasteiger charge is -2.15. The molecule has 1 fully saturated rings. The van der Waals surface area contributed by atoms with Crippen molar-refractivity contribution in [2.75, 3.05) is 32.3 Å². The lowest BCUT2D eigenvalue weighted by atomic mass is 10.1. The molecule has 1 aliphatic carbocycles. The van der Waals surface area contributed by atoms with Gasteiger partial charge in [0.2, 0.25) is 0 Å². The normalized spacial score (nSPS) is 20.1. The molecule has 1 aliphatic rings. The number of hydrogen-bond acceptors (Lipinski definition) is 3. The molecule has 1 rings (SSSR count). The van der Waals surface area contributed by atoms with E-state index in [9.17, 15) is 0 Å². The maximum Gasteiger partial charge on any atom is 0.0623 e. The molecule has 0 aromatic carbocycles. The van der Waals surface area contributed by atoms with E-state index in [-0.39, 0.29) is 0 Å². The topological polar surface area (TPSA) is 21.3 Å². The highest BCUT2D eigenvalue weighted by atomic mass is 32.2. The van der Waals surface area contributed by atoms with E-state index in [0.717, 1.165) is 12.5 Å². The smallest absolute Gasteiger partial charge is 0.0623 e. The summed E-state index contributed by atoms with van der Waals surface area (Å²) in [5.74, 6) is 3.53. The van der Waals surface area contributed by atoms with Crippen molar-refractivity contribution in [3.8, 4) is 0 Å². The van der Waals surface area contributed by atoms with Crippen molar-refractivity contribution in [1.82, 2.24) is 5.32 Å². The molecule has 14 heavy (non-hydrogen) atoms. The standard InChI is InChI=1S/C11H23NOS/c1-12-11(7-13-2)9-14-8-10-5-3-4-6-10/h10-12H,3-9H2,1-2H3. The van der Waals surface area contributed by atoms with Gasteiger partial charge in [-0.15, -0.1) is 0 Å². The maximum absolute atomic E-state index is 5.14. The molecule has 1 N–H and O–H groups in total. The van der Waals surface area contributed by atoms with Crippen LogP contribution in [0.15, 0.2) is 0 Å². The molecule has 0 heterocycles. The molecule has 84 valence electrons. The molecule has 0 spiro atoms. The lowest BCUT2D eigenvalue weighted by Crippen LogP contribution is -2.32. The number of methoxy groups -OCH3 is 1. The number of rotatable bonds is 7. The first kappa shape index (κ1) is 12.3. The van der Waals surface area contributed by atoms with Crippen molar-refractivity contribution < 1.29 is 4.74 Å². The van der Waals surface area contributed by atoms with E-state index < -0.39 is 0 Å². The maximum atomic E-state index is 5.14. The first-order valence-electron chi connectivity index (χ1n) is 5.60. The highest BCUT2D eigenvalue weighted by molar-refractivity contribution is 7.99. The van der Waals surface area contributed by atoms with Crippen LogP contribution in [0, 0.1) is 5.92 Å². The Bertz CT molecular complexity index is 137. The molecular weight excluding hydrogens is 194 g/mol. The first-order chi connectivity index (χ1) is 6.86. The van der Waals surface area contributed by atoms with Crippen molar-refractivity contribution in [3.63, 3.8) is 0 Å². The Kier molecular flexibility index (Phi) is 6.65. The quantitative estimate of drug-likeness (QED) is 0.706. The Balaban J connectivity index is 2.00. The van der Waals surface area contributed by atoms with Gasteiger partial charge in [0.15, 0.2) is 0 Å². The molecule has 1 atom stereocenters. The van der Waals surface area contributed by atoms with Crippen LogP contribution in [0.2, 0.25) is 0 Å². The Hall–Kier alpha value is 0.270. The van der Waals surface area contributed by atoms with Crippen LogP contribution in [0.1, 0.15) is 25.7 Å². The van der Waals surface area contributed by atoms with E-state index >= 15 is 0 Å².